The Bertz CT molecular complexity index is 601. The van der Waals surface area contributed by atoms with Crippen molar-refractivity contribution in [2.24, 2.45) is 5.92 Å². The Kier molecular flexibility index (Phi) is 4.72. The molecule has 0 fully saturated rings. The fraction of sp³-hybridized carbons (Fsp3) is 0.462. The molecular weight excluding hydrogens is 292 g/mol. The van der Waals surface area contributed by atoms with Gasteiger partial charge in [0.05, 0.1) is 16.3 Å². The number of carbonyl (C=O) groups is 1. The highest BCUT2D eigenvalue weighted by Crippen LogP contribution is 2.34. The number of nitrogen functional groups attached to an aromatic ring is 1. The van der Waals surface area contributed by atoms with Crippen LogP contribution in [0.4, 0.5) is 10.3 Å². The number of thiazole rings is 2. The number of anilines is 2. The Labute approximate surface area is 126 Å². The molecule has 0 spiro atoms. The molecule has 0 unspecified atom stereocenters. The standard InChI is InChI=1S/C13H18N4OS2/c1-4-8(5-2)11(18)17-13-15-7(3)10(20-13)9-6-19-12(14)16-9/h6,8H,4-5H2,1-3H3,(H2,14,16)(H,15,17,18). The normalized spacial score (nSPS) is 11.0. The topological polar surface area (TPSA) is 80.9 Å². The van der Waals surface area contributed by atoms with Gasteiger partial charge in [0.15, 0.2) is 10.3 Å². The predicted octanol–water partition coefficient (Wildman–Crippen LogP) is 3.53. The number of rotatable bonds is 5. The molecule has 20 heavy (non-hydrogen) atoms. The maximum Gasteiger partial charge on any atom is 0.229 e. The van der Waals surface area contributed by atoms with Gasteiger partial charge in [0.25, 0.3) is 0 Å². The van der Waals surface area contributed by atoms with Crippen LogP contribution in [0.25, 0.3) is 10.6 Å². The molecule has 2 aromatic rings. The average Bonchev–Trinajstić information content (AvgIpc) is 2.97. The van der Waals surface area contributed by atoms with Crippen molar-refractivity contribution in [1.82, 2.24) is 9.97 Å². The highest BCUT2D eigenvalue weighted by Gasteiger charge is 2.18. The summed E-state index contributed by atoms with van der Waals surface area (Å²) < 4.78 is 0. The molecular formula is C13H18N4OS2. The van der Waals surface area contributed by atoms with Crippen LogP contribution in [-0.2, 0) is 4.79 Å². The lowest BCUT2D eigenvalue weighted by Gasteiger charge is -2.10. The monoisotopic (exact) mass is 310 g/mol. The van der Waals surface area contributed by atoms with E-state index in [2.05, 4.69) is 15.3 Å². The number of aromatic nitrogens is 2. The van der Waals surface area contributed by atoms with Crippen molar-refractivity contribution in [3.8, 4) is 10.6 Å². The summed E-state index contributed by atoms with van der Waals surface area (Å²) in [6, 6.07) is 0. The Balaban J connectivity index is 2.17. The molecule has 2 heterocycles. The Morgan fingerprint density at radius 1 is 1.40 bits per heavy atom. The zero-order valence-corrected chi connectivity index (χ0v) is 13.4. The SMILES string of the molecule is CCC(CC)C(=O)Nc1nc(C)c(-c2csc(N)n2)s1. The zero-order valence-electron chi connectivity index (χ0n) is 11.8. The van der Waals surface area contributed by atoms with E-state index in [-0.39, 0.29) is 11.8 Å². The first-order valence-electron chi connectivity index (χ1n) is 6.54. The van der Waals surface area contributed by atoms with Crippen molar-refractivity contribution < 1.29 is 4.79 Å². The second kappa shape index (κ2) is 6.32. The quantitative estimate of drug-likeness (QED) is 0.885. The van der Waals surface area contributed by atoms with Crippen LogP contribution >= 0.6 is 22.7 Å². The molecule has 1 amide bonds. The molecule has 108 valence electrons. The second-order valence-corrected chi connectivity index (χ2v) is 6.40. The van der Waals surface area contributed by atoms with Crippen molar-refractivity contribution >= 4 is 38.8 Å². The molecule has 2 aromatic heterocycles. The van der Waals surface area contributed by atoms with Gasteiger partial charge in [-0.1, -0.05) is 25.2 Å². The molecule has 0 aliphatic heterocycles. The summed E-state index contributed by atoms with van der Waals surface area (Å²) in [6.07, 6.45) is 1.67. The van der Waals surface area contributed by atoms with Gasteiger partial charge in [0.1, 0.15) is 0 Å². The van der Waals surface area contributed by atoms with E-state index < -0.39 is 0 Å². The molecule has 5 nitrogen and oxygen atoms in total. The first-order chi connectivity index (χ1) is 9.55. The summed E-state index contributed by atoms with van der Waals surface area (Å²) in [5, 5.41) is 5.96. The second-order valence-electron chi connectivity index (χ2n) is 4.51. The van der Waals surface area contributed by atoms with Gasteiger partial charge in [0, 0.05) is 11.3 Å². The lowest BCUT2D eigenvalue weighted by molar-refractivity contribution is -0.120. The third-order valence-corrected chi connectivity index (χ3v) is 4.91. The molecule has 0 aliphatic rings. The number of aryl methyl sites for hydroxylation is 1. The summed E-state index contributed by atoms with van der Waals surface area (Å²) in [6.45, 7) is 5.95. The number of carbonyl (C=O) groups excluding carboxylic acids is 1. The third kappa shape index (κ3) is 3.16. The molecule has 0 bridgehead atoms. The smallest absolute Gasteiger partial charge is 0.229 e. The van der Waals surface area contributed by atoms with E-state index in [1.54, 1.807) is 0 Å². The van der Waals surface area contributed by atoms with Gasteiger partial charge in [-0.05, 0) is 19.8 Å². The molecule has 0 saturated carbocycles. The predicted molar refractivity (Wildman–Crippen MR) is 85.1 cm³/mol. The fourth-order valence-corrected chi connectivity index (χ4v) is 3.50. The van der Waals surface area contributed by atoms with Gasteiger partial charge in [-0.2, -0.15) is 0 Å². The van der Waals surface area contributed by atoms with Crippen molar-refractivity contribution in [2.45, 2.75) is 33.6 Å². The maximum atomic E-state index is 12.1. The summed E-state index contributed by atoms with van der Waals surface area (Å²) >= 11 is 2.84. The van der Waals surface area contributed by atoms with Crippen molar-refractivity contribution in [2.75, 3.05) is 11.1 Å². The van der Waals surface area contributed by atoms with Crippen LogP contribution in [0.1, 0.15) is 32.4 Å². The molecule has 0 atom stereocenters. The van der Waals surface area contributed by atoms with E-state index in [9.17, 15) is 4.79 Å². The molecule has 2 rings (SSSR count). The van der Waals surface area contributed by atoms with Gasteiger partial charge in [-0.3, -0.25) is 4.79 Å². The van der Waals surface area contributed by atoms with Gasteiger partial charge < -0.3 is 11.1 Å². The highest BCUT2D eigenvalue weighted by molar-refractivity contribution is 7.19. The largest absolute Gasteiger partial charge is 0.375 e. The molecule has 7 heteroatoms. The van der Waals surface area contributed by atoms with Gasteiger partial charge in [-0.15, -0.1) is 11.3 Å². The number of hydrogen-bond acceptors (Lipinski definition) is 6. The molecule has 3 N–H and O–H groups in total. The highest BCUT2D eigenvalue weighted by atomic mass is 32.1. The molecule has 0 aliphatic carbocycles. The number of hydrogen-bond donors (Lipinski definition) is 2. The first-order valence-corrected chi connectivity index (χ1v) is 8.24. The lowest BCUT2D eigenvalue weighted by atomic mass is 10.0. The van der Waals surface area contributed by atoms with Crippen molar-refractivity contribution in [1.29, 1.82) is 0 Å². The Morgan fingerprint density at radius 3 is 2.65 bits per heavy atom. The summed E-state index contributed by atoms with van der Waals surface area (Å²) in [4.78, 5) is 21.7. The minimum absolute atomic E-state index is 0.0353. The van der Waals surface area contributed by atoms with E-state index in [4.69, 9.17) is 5.73 Å². The summed E-state index contributed by atoms with van der Waals surface area (Å²) in [5.74, 6) is 0.0747. The van der Waals surface area contributed by atoms with Gasteiger partial charge >= 0.3 is 0 Å². The zero-order chi connectivity index (χ0) is 14.7. The fourth-order valence-electron chi connectivity index (χ4n) is 1.95. The van der Waals surface area contributed by atoms with Gasteiger partial charge in [-0.25, -0.2) is 9.97 Å². The first kappa shape index (κ1) is 14.9. The Hall–Kier alpha value is -1.47. The maximum absolute atomic E-state index is 12.1. The van der Waals surface area contributed by atoms with Crippen LogP contribution in [0, 0.1) is 12.8 Å². The minimum atomic E-state index is 0.0353. The van der Waals surface area contributed by atoms with Crippen LogP contribution < -0.4 is 11.1 Å². The van der Waals surface area contributed by atoms with E-state index in [0.29, 0.717) is 10.3 Å². The summed E-state index contributed by atoms with van der Waals surface area (Å²) in [5.41, 5.74) is 7.34. The Morgan fingerprint density at radius 2 is 2.10 bits per heavy atom. The van der Waals surface area contributed by atoms with Crippen LogP contribution in [0.3, 0.4) is 0 Å². The van der Waals surface area contributed by atoms with Crippen LogP contribution in [0.5, 0.6) is 0 Å². The number of nitrogens with zero attached hydrogens (tertiary/aromatic N) is 2. The number of nitrogens with two attached hydrogens (primary N) is 1. The number of amides is 1. The minimum Gasteiger partial charge on any atom is -0.375 e. The molecule has 0 saturated heterocycles. The van der Waals surface area contributed by atoms with E-state index in [1.807, 2.05) is 26.2 Å². The lowest BCUT2D eigenvalue weighted by Crippen LogP contribution is -2.21. The molecule has 0 radical (unpaired) electrons. The van der Waals surface area contributed by atoms with Crippen LogP contribution in [0.2, 0.25) is 0 Å². The number of nitrogens with one attached hydrogen (secondary N) is 1. The average molecular weight is 310 g/mol. The summed E-state index contributed by atoms with van der Waals surface area (Å²) in [7, 11) is 0. The van der Waals surface area contributed by atoms with Gasteiger partial charge in [0.2, 0.25) is 5.91 Å². The van der Waals surface area contributed by atoms with Crippen molar-refractivity contribution in [3.05, 3.63) is 11.1 Å². The molecule has 0 aromatic carbocycles. The van der Waals surface area contributed by atoms with E-state index in [1.165, 1.54) is 22.7 Å². The van der Waals surface area contributed by atoms with Crippen molar-refractivity contribution in [3.63, 3.8) is 0 Å². The van der Waals surface area contributed by atoms with Crippen LogP contribution in [-0.4, -0.2) is 15.9 Å². The third-order valence-electron chi connectivity index (χ3n) is 3.14. The van der Waals surface area contributed by atoms with E-state index in [0.717, 1.165) is 29.1 Å². The van der Waals surface area contributed by atoms with Crippen LogP contribution in [0.15, 0.2) is 5.38 Å². The van der Waals surface area contributed by atoms with E-state index >= 15 is 0 Å².